The number of nitrogens with zero attached hydrogens (tertiary/aromatic N) is 4. The maximum Gasteiger partial charge on any atom is 0.316 e. The van der Waals surface area contributed by atoms with Crippen molar-refractivity contribution < 1.29 is 9.53 Å². The first-order valence-corrected chi connectivity index (χ1v) is 9.46. The number of anilines is 1. The van der Waals surface area contributed by atoms with Crippen molar-refractivity contribution in [3.05, 3.63) is 53.9 Å². The van der Waals surface area contributed by atoms with Gasteiger partial charge >= 0.3 is 5.97 Å². The lowest BCUT2D eigenvalue weighted by atomic mass is 9.89. The number of pyridine rings is 1. The lowest BCUT2D eigenvalue weighted by Crippen LogP contribution is -2.24. The third-order valence-electron chi connectivity index (χ3n) is 5.43. The van der Waals surface area contributed by atoms with E-state index in [-0.39, 0.29) is 5.97 Å². The summed E-state index contributed by atoms with van der Waals surface area (Å²) in [7, 11) is 1.78. The molecule has 146 valence electrons. The predicted octanol–water partition coefficient (Wildman–Crippen LogP) is 3.20. The van der Waals surface area contributed by atoms with Gasteiger partial charge in [-0.15, -0.1) is 0 Å². The van der Waals surface area contributed by atoms with Crippen LogP contribution in [0.3, 0.4) is 0 Å². The highest BCUT2D eigenvalue weighted by Gasteiger charge is 2.53. The number of nitrogen functional groups attached to an aromatic ring is 1. The molecule has 2 aromatic heterocycles. The van der Waals surface area contributed by atoms with Crippen molar-refractivity contribution in [2.75, 3.05) is 12.3 Å². The minimum absolute atomic E-state index is 0.246. The molecule has 0 atom stereocenters. The number of rotatable bonds is 5. The van der Waals surface area contributed by atoms with Crippen LogP contribution >= 0.6 is 0 Å². The van der Waals surface area contributed by atoms with E-state index in [4.69, 9.17) is 10.5 Å². The minimum atomic E-state index is -0.667. The molecule has 2 heterocycles. The zero-order valence-corrected chi connectivity index (χ0v) is 16.3. The first kappa shape index (κ1) is 18.7. The van der Waals surface area contributed by atoms with Crippen molar-refractivity contribution in [2.45, 2.75) is 25.2 Å². The van der Waals surface area contributed by atoms with E-state index in [0.29, 0.717) is 30.8 Å². The molecular formula is C22H21N5O2. The minimum Gasteiger partial charge on any atom is -0.465 e. The number of aryl methyl sites for hydroxylation is 1. The van der Waals surface area contributed by atoms with Crippen LogP contribution in [0.25, 0.3) is 22.4 Å². The van der Waals surface area contributed by atoms with Gasteiger partial charge in [-0.05, 0) is 43.0 Å². The monoisotopic (exact) mass is 387 g/mol. The van der Waals surface area contributed by atoms with E-state index in [0.717, 1.165) is 27.9 Å². The second-order valence-electron chi connectivity index (χ2n) is 7.17. The van der Waals surface area contributed by atoms with Crippen molar-refractivity contribution in [1.29, 1.82) is 5.26 Å². The number of aromatic nitrogens is 3. The number of hydrogen-bond acceptors (Lipinski definition) is 6. The number of benzene rings is 1. The Morgan fingerprint density at radius 3 is 2.59 bits per heavy atom. The van der Waals surface area contributed by atoms with Gasteiger partial charge in [0.05, 0.1) is 41.1 Å². The summed E-state index contributed by atoms with van der Waals surface area (Å²) in [5.74, 6) is 0.305. The van der Waals surface area contributed by atoms with Crippen LogP contribution in [-0.4, -0.2) is 27.3 Å². The lowest BCUT2D eigenvalue weighted by Gasteiger charge is -2.16. The van der Waals surface area contributed by atoms with Gasteiger partial charge in [-0.2, -0.15) is 10.4 Å². The summed E-state index contributed by atoms with van der Waals surface area (Å²) in [6, 6.07) is 11.6. The summed E-state index contributed by atoms with van der Waals surface area (Å²) in [5, 5.41) is 13.8. The van der Waals surface area contributed by atoms with Gasteiger partial charge in [0, 0.05) is 18.8 Å². The van der Waals surface area contributed by atoms with E-state index in [1.165, 1.54) is 0 Å². The van der Waals surface area contributed by atoms with Gasteiger partial charge in [-0.1, -0.05) is 18.2 Å². The number of nitrogens with two attached hydrogens (primary N) is 1. The Morgan fingerprint density at radius 1 is 1.28 bits per heavy atom. The average Bonchev–Trinajstić information content (AvgIpc) is 3.49. The summed E-state index contributed by atoms with van der Waals surface area (Å²) >= 11 is 0. The van der Waals surface area contributed by atoms with Gasteiger partial charge in [0.2, 0.25) is 0 Å². The number of hydrogen-bond donors (Lipinski definition) is 1. The van der Waals surface area contributed by atoms with E-state index >= 15 is 0 Å². The maximum absolute atomic E-state index is 12.4. The van der Waals surface area contributed by atoms with E-state index in [1.54, 1.807) is 31.0 Å². The molecule has 7 heteroatoms. The summed E-state index contributed by atoms with van der Waals surface area (Å²) < 4.78 is 6.83. The van der Waals surface area contributed by atoms with Crippen molar-refractivity contribution in [3.63, 3.8) is 0 Å². The molecule has 3 aromatic rings. The molecule has 0 spiro atoms. The van der Waals surface area contributed by atoms with Crippen molar-refractivity contribution in [1.82, 2.24) is 14.8 Å². The lowest BCUT2D eigenvalue weighted by molar-refractivity contribution is -0.146. The molecule has 1 aliphatic carbocycles. The van der Waals surface area contributed by atoms with Crippen molar-refractivity contribution in [2.24, 2.45) is 7.05 Å². The van der Waals surface area contributed by atoms with Gasteiger partial charge < -0.3 is 10.5 Å². The van der Waals surface area contributed by atoms with Crippen molar-refractivity contribution >= 4 is 11.8 Å². The molecule has 0 saturated heterocycles. The first-order valence-electron chi connectivity index (χ1n) is 9.46. The molecule has 0 amide bonds. The molecule has 7 nitrogen and oxygen atoms in total. The molecule has 1 saturated carbocycles. The zero-order chi connectivity index (χ0) is 20.6. The molecule has 1 aromatic carbocycles. The molecule has 0 radical (unpaired) electrons. The maximum atomic E-state index is 12.4. The highest BCUT2D eigenvalue weighted by Crippen LogP contribution is 2.50. The predicted molar refractivity (Wildman–Crippen MR) is 109 cm³/mol. The van der Waals surface area contributed by atoms with Crippen LogP contribution in [0.2, 0.25) is 0 Å². The second kappa shape index (κ2) is 7.06. The topological polar surface area (TPSA) is 107 Å². The fourth-order valence-electron chi connectivity index (χ4n) is 3.58. The van der Waals surface area contributed by atoms with Gasteiger partial charge in [0.1, 0.15) is 5.82 Å². The number of nitriles is 1. The number of carbonyl (C=O) groups excluding carboxylic acids is 1. The Kier molecular flexibility index (Phi) is 4.55. The largest absolute Gasteiger partial charge is 0.465 e. The van der Waals surface area contributed by atoms with Gasteiger partial charge in [-0.3, -0.25) is 14.5 Å². The fraction of sp³-hybridized carbons (Fsp3) is 0.273. The fourth-order valence-corrected chi connectivity index (χ4v) is 3.58. The van der Waals surface area contributed by atoms with E-state index in [9.17, 15) is 10.1 Å². The van der Waals surface area contributed by atoms with Crippen LogP contribution in [0.4, 0.5) is 5.82 Å². The Labute approximate surface area is 168 Å². The van der Waals surface area contributed by atoms with Crippen LogP contribution in [-0.2, 0) is 22.0 Å². The second-order valence-corrected chi connectivity index (χ2v) is 7.17. The van der Waals surface area contributed by atoms with Crippen LogP contribution in [0.15, 0.2) is 42.7 Å². The van der Waals surface area contributed by atoms with Crippen LogP contribution < -0.4 is 5.73 Å². The highest BCUT2D eigenvalue weighted by molar-refractivity contribution is 5.88. The molecular weight excluding hydrogens is 366 g/mol. The van der Waals surface area contributed by atoms with E-state index in [2.05, 4.69) is 16.2 Å². The molecule has 29 heavy (non-hydrogen) atoms. The summed E-state index contributed by atoms with van der Waals surface area (Å²) in [6.07, 6.45) is 4.85. The average molecular weight is 387 g/mol. The number of carbonyl (C=O) groups is 1. The van der Waals surface area contributed by atoms with Gasteiger partial charge in [-0.25, -0.2) is 0 Å². The summed E-state index contributed by atoms with van der Waals surface area (Å²) in [4.78, 5) is 16.9. The summed E-state index contributed by atoms with van der Waals surface area (Å²) in [6.45, 7) is 2.12. The smallest absolute Gasteiger partial charge is 0.316 e. The Balaban J connectivity index is 1.66. The Hall–Kier alpha value is -3.66. The van der Waals surface area contributed by atoms with Gasteiger partial charge in [0.25, 0.3) is 0 Å². The number of ether oxygens (including phenoxy) is 1. The van der Waals surface area contributed by atoms with Crippen LogP contribution in [0, 0.1) is 11.3 Å². The quantitative estimate of drug-likeness (QED) is 0.674. The highest BCUT2D eigenvalue weighted by atomic mass is 16.5. The third-order valence-corrected chi connectivity index (χ3v) is 5.43. The van der Waals surface area contributed by atoms with E-state index < -0.39 is 5.41 Å². The van der Waals surface area contributed by atoms with Gasteiger partial charge in [0.15, 0.2) is 0 Å². The Bertz CT molecular complexity index is 1120. The molecule has 0 aliphatic heterocycles. The molecule has 0 unspecified atom stereocenters. The van der Waals surface area contributed by atoms with E-state index in [1.807, 2.05) is 30.3 Å². The first-order chi connectivity index (χ1) is 14.0. The molecule has 0 bridgehead atoms. The molecule has 1 fully saturated rings. The van der Waals surface area contributed by atoms with Crippen LogP contribution in [0.5, 0.6) is 0 Å². The normalized spacial score (nSPS) is 14.2. The SMILES string of the molecule is CCOC(=O)C1(c2ccc(-c3ccc(-c4cnn(C)c4N)nc3)cc2C#N)CC1. The molecule has 2 N–H and O–H groups in total. The summed E-state index contributed by atoms with van der Waals surface area (Å²) in [5.41, 5.74) is 9.84. The number of esters is 1. The Morgan fingerprint density at radius 2 is 2.03 bits per heavy atom. The van der Waals surface area contributed by atoms with Crippen molar-refractivity contribution in [3.8, 4) is 28.5 Å². The molecule has 1 aliphatic rings. The standard InChI is InChI=1S/C22H21N5O2/c1-3-29-21(28)22(8-9-22)18-6-4-14(10-16(18)11-23)15-5-7-19(25-12-15)17-13-26-27(2)20(17)24/h4-7,10,12-13H,3,8-9,24H2,1-2H3. The third kappa shape index (κ3) is 3.13. The zero-order valence-electron chi connectivity index (χ0n) is 16.3. The molecule has 4 rings (SSSR count). The van der Waals surface area contributed by atoms with Crippen LogP contribution in [0.1, 0.15) is 30.9 Å².